The van der Waals surface area contributed by atoms with E-state index >= 15 is 0 Å². The van der Waals surface area contributed by atoms with Crippen molar-refractivity contribution < 1.29 is 20.6 Å². The molecule has 0 aliphatic heterocycles. The van der Waals surface area contributed by atoms with Crippen LogP contribution in [0, 0.1) is 0 Å². The third-order valence-electron chi connectivity index (χ3n) is 6.84. The number of rotatable bonds is 5. The molecule has 0 spiro atoms. The summed E-state index contributed by atoms with van der Waals surface area (Å²) in [6.07, 6.45) is 9.78. The fourth-order valence-electron chi connectivity index (χ4n) is 5.42. The average molecular weight is 457 g/mol. The van der Waals surface area contributed by atoms with Gasteiger partial charge >= 0.3 is 180 Å². The molecule has 0 heterocycles. The molecule has 0 saturated carbocycles. The average Bonchev–Trinajstić information content (AvgIpc) is 3.38. The summed E-state index contributed by atoms with van der Waals surface area (Å²) in [5, 5.41) is 0. The Morgan fingerprint density at radius 2 is 1.14 bits per heavy atom. The molecule has 2 heteroatoms. The van der Waals surface area contributed by atoms with Crippen molar-refractivity contribution in [3.63, 3.8) is 0 Å². The predicted molar refractivity (Wildman–Crippen MR) is 120 cm³/mol. The Balaban J connectivity index is 1.71. The molecular weight excluding hydrogens is 430 g/mol. The molecule has 5 rings (SSSR count). The molecule has 3 aromatic rings. The van der Waals surface area contributed by atoms with E-state index in [2.05, 4.69) is 120 Å². The summed E-state index contributed by atoms with van der Waals surface area (Å²) >= 11 is -3.11. The Morgan fingerprint density at radius 1 is 0.655 bits per heavy atom. The first-order valence-electron chi connectivity index (χ1n) is 10.5. The van der Waals surface area contributed by atoms with Crippen LogP contribution >= 0.6 is 0 Å². The van der Waals surface area contributed by atoms with Gasteiger partial charge < -0.3 is 0 Å². The van der Waals surface area contributed by atoms with E-state index in [1.165, 1.54) is 31.9 Å². The summed E-state index contributed by atoms with van der Waals surface area (Å²) in [6, 6.07) is 29.2. The molecule has 2 atom stereocenters. The van der Waals surface area contributed by atoms with Gasteiger partial charge in [0.2, 0.25) is 0 Å². The van der Waals surface area contributed by atoms with E-state index in [1.54, 1.807) is 0 Å². The van der Waals surface area contributed by atoms with Gasteiger partial charge in [-0.2, -0.15) is 0 Å². The summed E-state index contributed by atoms with van der Waals surface area (Å²) in [5.74, 6) is 0. The Kier molecular flexibility index (Phi) is 5.02. The molecule has 1 nitrogen and oxygen atoms in total. The van der Waals surface area contributed by atoms with Gasteiger partial charge in [-0.15, -0.1) is 0 Å². The van der Waals surface area contributed by atoms with Crippen LogP contribution in [0.25, 0.3) is 12.2 Å². The Labute approximate surface area is 179 Å². The van der Waals surface area contributed by atoms with E-state index in [-0.39, 0.29) is 0 Å². The first-order chi connectivity index (χ1) is 14.2. The molecule has 2 aliphatic carbocycles. The Bertz CT molecular complexity index is 1020. The molecular formula is C27H27NZr. The summed E-state index contributed by atoms with van der Waals surface area (Å²) in [5.41, 5.74) is 7.36. The molecule has 2 unspecified atom stereocenters. The van der Waals surface area contributed by atoms with Gasteiger partial charge in [-0.25, -0.2) is 0 Å². The van der Waals surface area contributed by atoms with Gasteiger partial charge in [-0.3, -0.25) is 0 Å². The van der Waals surface area contributed by atoms with Crippen molar-refractivity contribution in [1.29, 1.82) is 0 Å². The molecule has 3 aromatic carbocycles. The Morgan fingerprint density at radius 3 is 1.66 bits per heavy atom. The first-order valence-corrected chi connectivity index (χ1v) is 16.1. The van der Waals surface area contributed by atoms with E-state index in [9.17, 15) is 0 Å². The molecule has 0 aromatic heterocycles. The van der Waals surface area contributed by atoms with Crippen LogP contribution in [0.1, 0.15) is 35.1 Å². The molecule has 0 radical (unpaired) electrons. The van der Waals surface area contributed by atoms with Crippen LogP contribution in [-0.4, -0.2) is 16.9 Å². The predicted octanol–water partition coefficient (Wildman–Crippen LogP) is 6.35. The zero-order chi connectivity index (χ0) is 19.8. The quantitative estimate of drug-likeness (QED) is 0.432. The van der Waals surface area contributed by atoms with Crippen LogP contribution in [0.5, 0.6) is 0 Å². The van der Waals surface area contributed by atoms with Crippen LogP contribution < -0.4 is 0 Å². The van der Waals surface area contributed by atoms with Gasteiger partial charge in [-0.1, -0.05) is 0 Å². The number of benzene rings is 3. The van der Waals surface area contributed by atoms with Gasteiger partial charge in [0, 0.05) is 0 Å². The topological polar surface area (TPSA) is 3.24 Å². The number of allylic oxidation sites excluding steroid dienone is 2. The standard InChI is InChI=1S/2C9H7.C7H7.C2H6N.Zr/c2*1-2-5-9-7-3-6-8(9)4-1;1-7-5-3-2-4-6-7;1-3-2;/h2*1-7H;2-6H,1H2;1-2H3;/q;;;-1;+1. The maximum absolute atomic E-state index is 3.11. The minimum absolute atomic E-state index is 0.538. The fraction of sp³-hybridized carbons (Fsp3) is 0.185. The van der Waals surface area contributed by atoms with Crippen molar-refractivity contribution in [2.45, 2.75) is 11.4 Å². The summed E-state index contributed by atoms with van der Waals surface area (Å²) in [6.45, 7) is 0. The molecule has 2 aliphatic rings. The van der Waals surface area contributed by atoms with Crippen LogP contribution in [0.3, 0.4) is 0 Å². The molecule has 0 bridgehead atoms. The number of hydrogen-bond acceptors (Lipinski definition) is 1. The van der Waals surface area contributed by atoms with Gasteiger partial charge in [-0.05, 0) is 0 Å². The van der Waals surface area contributed by atoms with Crippen LogP contribution in [0.15, 0.2) is 91.0 Å². The van der Waals surface area contributed by atoms with Gasteiger partial charge in [0.15, 0.2) is 0 Å². The van der Waals surface area contributed by atoms with Crippen LogP contribution in [0.2, 0.25) is 0 Å². The SMILES string of the molecule is C[N](C)[Zr]([CH2]c1ccccc1)([CH]1C=Cc2ccccc21)[CH]1C=Cc2ccccc21. The van der Waals surface area contributed by atoms with Crippen molar-refractivity contribution >= 4 is 12.2 Å². The second-order valence-electron chi connectivity index (χ2n) is 8.48. The van der Waals surface area contributed by atoms with E-state index < -0.39 is 20.6 Å². The molecule has 0 saturated heterocycles. The van der Waals surface area contributed by atoms with Crippen molar-refractivity contribution in [1.82, 2.24) is 2.84 Å². The second kappa shape index (κ2) is 7.67. The molecule has 144 valence electrons. The first kappa shape index (κ1) is 19.0. The molecule has 29 heavy (non-hydrogen) atoms. The molecule has 0 amide bonds. The number of nitrogens with zero attached hydrogens (tertiary/aromatic N) is 1. The summed E-state index contributed by atoms with van der Waals surface area (Å²) in [7, 11) is 4.70. The van der Waals surface area contributed by atoms with E-state index in [0.717, 1.165) is 0 Å². The Hall–Kier alpha value is -2.02. The van der Waals surface area contributed by atoms with Crippen molar-refractivity contribution in [2.75, 3.05) is 14.1 Å². The van der Waals surface area contributed by atoms with E-state index in [1.807, 2.05) is 0 Å². The van der Waals surface area contributed by atoms with E-state index in [4.69, 9.17) is 0 Å². The second-order valence-corrected chi connectivity index (χ2v) is 19.5. The molecule has 0 fully saturated rings. The monoisotopic (exact) mass is 455 g/mol. The normalized spacial score (nSPS) is 21.2. The number of hydrogen-bond donors (Lipinski definition) is 0. The van der Waals surface area contributed by atoms with Gasteiger partial charge in [0.1, 0.15) is 0 Å². The number of fused-ring (bicyclic) bond motifs is 2. The maximum atomic E-state index is 2.69. The van der Waals surface area contributed by atoms with Crippen molar-refractivity contribution in [3.05, 3.63) is 119 Å². The van der Waals surface area contributed by atoms with E-state index in [0.29, 0.717) is 7.25 Å². The summed E-state index contributed by atoms with van der Waals surface area (Å²) < 4.78 is 4.97. The van der Waals surface area contributed by atoms with Gasteiger partial charge in [0.25, 0.3) is 0 Å². The van der Waals surface area contributed by atoms with Crippen molar-refractivity contribution in [2.24, 2.45) is 0 Å². The zero-order valence-electron chi connectivity index (χ0n) is 17.1. The minimum atomic E-state index is -3.11. The van der Waals surface area contributed by atoms with Crippen LogP contribution in [-0.2, 0) is 24.7 Å². The van der Waals surface area contributed by atoms with Gasteiger partial charge in [0.05, 0.1) is 0 Å². The van der Waals surface area contributed by atoms with Crippen LogP contribution in [0.4, 0.5) is 0 Å². The van der Waals surface area contributed by atoms with Crippen molar-refractivity contribution in [3.8, 4) is 0 Å². The summed E-state index contributed by atoms with van der Waals surface area (Å²) in [4.78, 5) is 0. The molecule has 0 N–H and O–H groups in total. The zero-order valence-corrected chi connectivity index (χ0v) is 19.6. The fourth-order valence-corrected chi connectivity index (χ4v) is 19.2. The third kappa shape index (κ3) is 3.14. The third-order valence-corrected chi connectivity index (χ3v) is 21.1.